The second kappa shape index (κ2) is 10.2. The summed E-state index contributed by atoms with van der Waals surface area (Å²) in [5, 5.41) is 7.11. The predicted molar refractivity (Wildman–Crippen MR) is 111 cm³/mol. The molecule has 1 aliphatic carbocycles. The van der Waals surface area contributed by atoms with E-state index in [1.54, 1.807) is 0 Å². The number of hydrogen-bond acceptors (Lipinski definition) is 2. The molecule has 1 saturated carbocycles. The van der Waals surface area contributed by atoms with Gasteiger partial charge >= 0.3 is 0 Å². The molecule has 2 N–H and O–H groups in total. The van der Waals surface area contributed by atoms with Crippen LogP contribution in [0.4, 0.5) is 0 Å². The molecule has 140 valence electrons. The highest BCUT2D eigenvalue weighted by Crippen LogP contribution is 2.40. The normalized spacial score (nSPS) is 21.3. The van der Waals surface area contributed by atoms with E-state index in [1.165, 1.54) is 24.9 Å². The van der Waals surface area contributed by atoms with Crippen LogP contribution < -0.4 is 10.6 Å². The third-order valence-corrected chi connectivity index (χ3v) is 5.55. The third-order valence-electron chi connectivity index (χ3n) is 5.02. The van der Waals surface area contributed by atoms with E-state index in [9.17, 15) is 0 Å². The molecule has 1 aromatic carbocycles. The molecule has 0 bridgehead atoms. The molecular formula is C20H33BrN4. The van der Waals surface area contributed by atoms with Crippen molar-refractivity contribution >= 4 is 21.9 Å². The van der Waals surface area contributed by atoms with Gasteiger partial charge in [0.05, 0.1) is 0 Å². The Morgan fingerprint density at radius 3 is 2.56 bits per heavy atom. The topological polar surface area (TPSA) is 39.7 Å². The molecule has 25 heavy (non-hydrogen) atoms. The first kappa shape index (κ1) is 20.2. The molecule has 1 fully saturated rings. The average molecular weight is 409 g/mol. The van der Waals surface area contributed by atoms with Crippen LogP contribution in [0.3, 0.4) is 0 Å². The number of benzene rings is 1. The lowest BCUT2D eigenvalue weighted by Gasteiger charge is -2.21. The van der Waals surface area contributed by atoms with Gasteiger partial charge in [-0.3, -0.25) is 4.99 Å². The summed E-state index contributed by atoms with van der Waals surface area (Å²) in [5.74, 6) is 1.53. The first-order chi connectivity index (χ1) is 12.1. The zero-order valence-electron chi connectivity index (χ0n) is 16.1. The van der Waals surface area contributed by atoms with Gasteiger partial charge in [0.15, 0.2) is 5.96 Å². The highest BCUT2D eigenvalue weighted by molar-refractivity contribution is 9.10. The van der Waals surface area contributed by atoms with Crippen molar-refractivity contribution in [3.8, 4) is 0 Å². The molecule has 0 aliphatic heterocycles. The number of aliphatic imine (C=N–C) groups is 1. The quantitative estimate of drug-likeness (QED) is 0.479. The van der Waals surface area contributed by atoms with Gasteiger partial charge in [0.2, 0.25) is 0 Å². The van der Waals surface area contributed by atoms with Crippen molar-refractivity contribution in [3.63, 3.8) is 0 Å². The standard InChI is InChI=1S/C20H33BrN4/c1-5-25(6-2)13-7-8-15(3)23-20(22-4)24-19-14-18(19)16-9-11-17(21)12-10-16/h9-12,15,18-19H,5-8,13-14H2,1-4H3,(H2,22,23,24). The summed E-state index contributed by atoms with van der Waals surface area (Å²) in [6, 6.07) is 9.60. The van der Waals surface area contributed by atoms with Crippen molar-refractivity contribution < 1.29 is 0 Å². The molecule has 1 aliphatic rings. The van der Waals surface area contributed by atoms with Gasteiger partial charge in [0, 0.05) is 29.5 Å². The van der Waals surface area contributed by atoms with Crippen LogP contribution in [0.15, 0.2) is 33.7 Å². The minimum absolute atomic E-state index is 0.437. The Bertz CT molecular complexity index is 539. The Labute approximate surface area is 161 Å². The second-order valence-electron chi connectivity index (χ2n) is 6.93. The molecule has 3 unspecified atom stereocenters. The molecule has 0 radical (unpaired) electrons. The zero-order valence-corrected chi connectivity index (χ0v) is 17.6. The van der Waals surface area contributed by atoms with Crippen LogP contribution in [0, 0.1) is 0 Å². The highest BCUT2D eigenvalue weighted by Gasteiger charge is 2.39. The Morgan fingerprint density at radius 1 is 1.28 bits per heavy atom. The van der Waals surface area contributed by atoms with Crippen LogP contribution in [0.2, 0.25) is 0 Å². The summed E-state index contributed by atoms with van der Waals surface area (Å²) in [5.41, 5.74) is 1.41. The average Bonchev–Trinajstić information content (AvgIpc) is 3.38. The molecule has 3 atom stereocenters. The van der Waals surface area contributed by atoms with Gasteiger partial charge in [-0.2, -0.15) is 0 Å². The van der Waals surface area contributed by atoms with E-state index in [1.807, 2.05) is 7.05 Å². The summed E-state index contributed by atoms with van der Waals surface area (Å²) in [6.07, 6.45) is 3.56. The van der Waals surface area contributed by atoms with Crippen molar-refractivity contribution in [3.05, 3.63) is 34.3 Å². The van der Waals surface area contributed by atoms with Crippen molar-refractivity contribution in [2.45, 2.75) is 58.0 Å². The van der Waals surface area contributed by atoms with Crippen LogP contribution >= 0.6 is 15.9 Å². The van der Waals surface area contributed by atoms with E-state index in [4.69, 9.17) is 0 Å². The number of hydrogen-bond donors (Lipinski definition) is 2. The summed E-state index contributed by atoms with van der Waals surface area (Å²) in [4.78, 5) is 6.88. The van der Waals surface area contributed by atoms with Crippen molar-refractivity contribution in [1.29, 1.82) is 0 Å². The van der Waals surface area contributed by atoms with Crippen molar-refractivity contribution in [2.75, 3.05) is 26.7 Å². The van der Waals surface area contributed by atoms with Crippen LogP contribution in [0.5, 0.6) is 0 Å². The van der Waals surface area contributed by atoms with Gasteiger partial charge in [-0.1, -0.05) is 41.9 Å². The lowest BCUT2D eigenvalue weighted by Crippen LogP contribution is -2.43. The molecule has 0 spiro atoms. The predicted octanol–water partition coefficient (Wildman–Crippen LogP) is 3.98. The smallest absolute Gasteiger partial charge is 0.191 e. The van der Waals surface area contributed by atoms with Crippen molar-refractivity contribution in [2.24, 2.45) is 4.99 Å². The number of nitrogens with one attached hydrogen (secondary N) is 2. The van der Waals surface area contributed by atoms with E-state index in [2.05, 4.69) is 81.5 Å². The Kier molecular flexibility index (Phi) is 8.24. The van der Waals surface area contributed by atoms with Gasteiger partial charge in [0.25, 0.3) is 0 Å². The first-order valence-electron chi connectivity index (χ1n) is 9.55. The molecule has 4 nitrogen and oxygen atoms in total. The third kappa shape index (κ3) is 6.63. The number of nitrogens with zero attached hydrogens (tertiary/aromatic N) is 2. The van der Waals surface area contributed by atoms with Gasteiger partial charge in [-0.25, -0.2) is 0 Å². The maximum Gasteiger partial charge on any atom is 0.191 e. The van der Waals surface area contributed by atoms with Crippen LogP contribution in [0.1, 0.15) is 51.5 Å². The molecule has 0 amide bonds. The van der Waals surface area contributed by atoms with E-state index in [-0.39, 0.29) is 0 Å². The summed E-state index contributed by atoms with van der Waals surface area (Å²) in [7, 11) is 1.86. The fourth-order valence-electron chi connectivity index (χ4n) is 3.25. The number of guanidine groups is 1. The zero-order chi connectivity index (χ0) is 18.2. The fourth-order valence-corrected chi connectivity index (χ4v) is 3.51. The maximum absolute atomic E-state index is 4.40. The Hall–Kier alpha value is -1.07. The lowest BCUT2D eigenvalue weighted by atomic mass is 10.1. The van der Waals surface area contributed by atoms with E-state index in [0.29, 0.717) is 18.0 Å². The van der Waals surface area contributed by atoms with Gasteiger partial charge in [-0.05, 0) is 63.5 Å². The fraction of sp³-hybridized carbons (Fsp3) is 0.650. The minimum Gasteiger partial charge on any atom is -0.354 e. The van der Waals surface area contributed by atoms with E-state index in [0.717, 1.165) is 29.9 Å². The number of halogens is 1. The lowest BCUT2D eigenvalue weighted by molar-refractivity contribution is 0.292. The molecule has 0 heterocycles. The Balaban J connectivity index is 1.71. The second-order valence-corrected chi connectivity index (χ2v) is 7.85. The molecule has 2 rings (SSSR count). The van der Waals surface area contributed by atoms with E-state index < -0.39 is 0 Å². The first-order valence-corrected chi connectivity index (χ1v) is 10.3. The van der Waals surface area contributed by atoms with Crippen molar-refractivity contribution in [1.82, 2.24) is 15.5 Å². The Morgan fingerprint density at radius 2 is 1.96 bits per heavy atom. The molecular weight excluding hydrogens is 376 g/mol. The highest BCUT2D eigenvalue weighted by atomic mass is 79.9. The number of rotatable bonds is 9. The van der Waals surface area contributed by atoms with E-state index >= 15 is 0 Å². The largest absolute Gasteiger partial charge is 0.354 e. The van der Waals surface area contributed by atoms with Gasteiger partial charge in [0.1, 0.15) is 0 Å². The monoisotopic (exact) mass is 408 g/mol. The van der Waals surface area contributed by atoms with Gasteiger partial charge < -0.3 is 15.5 Å². The molecule has 5 heteroatoms. The summed E-state index contributed by atoms with van der Waals surface area (Å²) in [6.45, 7) is 10.2. The SMILES string of the molecule is CCN(CC)CCCC(C)NC(=NC)NC1CC1c1ccc(Br)cc1. The summed E-state index contributed by atoms with van der Waals surface area (Å²) >= 11 is 3.50. The van der Waals surface area contributed by atoms with Crippen LogP contribution in [0.25, 0.3) is 0 Å². The molecule has 0 aromatic heterocycles. The molecule has 1 aromatic rings. The van der Waals surface area contributed by atoms with Crippen LogP contribution in [-0.4, -0.2) is 49.6 Å². The minimum atomic E-state index is 0.437. The molecule has 0 saturated heterocycles. The summed E-state index contributed by atoms with van der Waals surface area (Å²) < 4.78 is 1.14. The van der Waals surface area contributed by atoms with Gasteiger partial charge in [-0.15, -0.1) is 0 Å². The van der Waals surface area contributed by atoms with Crippen LogP contribution in [-0.2, 0) is 0 Å². The maximum atomic E-state index is 4.40.